The van der Waals surface area contributed by atoms with Crippen molar-refractivity contribution in [3.63, 3.8) is 0 Å². The average molecular weight is 385 g/mol. The van der Waals surface area contributed by atoms with Crippen LogP contribution in [-0.2, 0) is 11.2 Å². The Hall–Kier alpha value is -3.20. The second-order valence-corrected chi connectivity index (χ2v) is 8.23. The van der Waals surface area contributed by atoms with Gasteiger partial charge in [0.25, 0.3) is 0 Å². The predicted molar refractivity (Wildman–Crippen MR) is 110 cm³/mol. The maximum atomic E-state index is 13.4. The van der Waals surface area contributed by atoms with Gasteiger partial charge < -0.3 is 4.90 Å². The number of anilines is 1. The maximum absolute atomic E-state index is 13.4. The van der Waals surface area contributed by atoms with Crippen molar-refractivity contribution in [3.8, 4) is 17.2 Å². The summed E-state index contributed by atoms with van der Waals surface area (Å²) in [7, 11) is 0. The van der Waals surface area contributed by atoms with Crippen LogP contribution < -0.4 is 4.90 Å². The molecule has 2 fully saturated rings. The highest BCUT2D eigenvalue weighted by molar-refractivity contribution is 6.05. The molecule has 0 spiro atoms. The third-order valence-corrected chi connectivity index (χ3v) is 6.62. The molecule has 1 saturated heterocycles. The molecule has 1 amide bonds. The number of aromatic nitrogens is 3. The maximum Gasteiger partial charge on any atom is 0.248 e. The Bertz CT molecular complexity index is 1160. The number of hydrogen-bond acceptors (Lipinski definition) is 4. The monoisotopic (exact) mass is 385 g/mol. The van der Waals surface area contributed by atoms with E-state index in [-0.39, 0.29) is 17.7 Å². The highest BCUT2D eigenvalue weighted by atomic mass is 16.2. The van der Waals surface area contributed by atoms with E-state index in [1.165, 1.54) is 5.56 Å². The van der Waals surface area contributed by atoms with E-state index in [2.05, 4.69) is 29.1 Å². The molecule has 29 heavy (non-hydrogen) atoms. The molecule has 1 aliphatic heterocycles. The van der Waals surface area contributed by atoms with Crippen LogP contribution >= 0.6 is 0 Å². The molecule has 2 aliphatic rings. The van der Waals surface area contributed by atoms with Crippen molar-refractivity contribution < 1.29 is 4.79 Å². The smallest absolute Gasteiger partial charge is 0.248 e. The summed E-state index contributed by atoms with van der Waals surface area (Å²) < 4.78 is 1.82. The van der Waals surface area contributed by atoms with Gasteiger partial charge in [0.2, 0.25) is 5.91 Å². The van der Waals surface area contributed by atoms with Gasteiger partial charge in [0.1, 0.15) is 5.41 Å². The van der Waals surface area contributed by atoms with Gasteiger partial charge in [0.05, 0.1) is 17.3 Å². The molecule has 4 heterocycles. The van der Waals surface area contributed by atoms with E-state index in [1.807, 2.05) is 42.2 Å². The number of nitriles is 1. The molecule has 5 rings (SSSR count). The van der Waals surface area contributed by atoms with E-state index in [0.717, 1.165) is 41.6 Å². The summed E-state index contributed by atoms with van der Waals surface area (Å²) in [6.45, 7) is 4.72. The second kappa shape index (κ2) is 6.41. The molecular weight excluding hydrogens is 362 g/mol. The Morgan fingerprint density at radius 1 is 1.31 bits per heavy atom. The lowest BCUT2D eigenvalue weighted by atomic mass is 9.75. The minimum absolute atomic E-state index is 0.0140. The second-order valence-electron chi connectivity index (χ2n) is 8.23. The fourth-order valence-electron chi connectivity index (χ4n) is 4.87. The first-order chi connectivity index (χ1) is 14.1. The van der Waals surface area contributed by atoms with Gasteiger partial charge in [0.15, 0.2) is 0 Å². The first kappa shape index (κ1) is 17.9. The van der Waals surface area contributed by atoms with Crippen molar-refractivity contribution in [1.29, 1.82) is 5.26 Å². The van der Waals surface area contributed by atoms with Crippen molar-refractivity contribution in [2.75, 3.05) is 11.4 Å². The molecule has 0 unspecified atom stereocenters. The summed E-state index contributed by atoms with van der Waals surface area (Å²) in [6, 6.07) is 8.40. The van der Waals surface area contributed by atoms with Crippen LogP contribution in [0.2, 0.25) is 0 Å². The summed E-state index contributed by atoms with van der Waals surface area (Å²) in [4.78, 5) is 19.5. The molecule has 0 radical (unpaired) electrons. The van der Waals surface area contributed by atoms with Crippen LogP contribution in [0.3, 0.4) is 0 Å². The Kier molecular flexibility index (Phi) is 3.95. The molecule has 6 heteroatoms. The van der Waals surface area contributed by atoms with Gasteiger partial charge in [-0.2, -0.15) is 10.4 Å². The van der Waals surface area contributed by atoms with Crippen molar-refractivity contribution in [2.45, 2.75) is 33.1 Å². The number of rotatable bonds is 4. The van der Waals surface area contributed by atoms with Crippen molar-refractivity contribution in [3.05, 3.63) is 48.5 Å². The number of hydrogen-bond donors (Lipinski definition) is 0. The number of amides is 1. The van der Waals surface area contributed by atoms with Crippen molar-refractivity contribution >= 4 is 17.1 Å². The minimum Gasteiger partial charge on any atom is -0.309 e. The van der Waals surface area contributed by atoms with Gasteiger partial charge in [0, 0.05) is 48.4 Å². The zero-order chi connectivity index (χ0) is 20.2. The largest absolute Gasteiger partial charge is 0.309 e. The molecule has 2 atom stereocenters. The molecule has 3 aromatic heterocycles. The molecule has 146 valence electrons. The fourth-order valence-corrected chi connectivity index (χ4v) is 4.87. The summed E-state index contributed by atoms with van der Waals surface area (Å²) in [5, 5.41) is 14.4. The highest BCUT2D eigenvalue weighted by Crippen LogP contribution is 2.54. The number of nitrogens with zero attached hydrogens (tertiary/aromatic N) is 5. The lowest BCUT2D eigenvalue weighted by Gasteiger charge is -2.23. The topological polar surface area (TPSA) is 74.3 Å². The molecule has 3 aromatic rings. The first-order valence-corrected chi connectivity index (χ1v) is 10.2. The lowest BCUT2D eigenvalue weighted by Crippen LogP contribution is -2.37. The van der Waals surface area contributed by atoms with Crippen LogP contribution in [0.25, 0.3) is 16.6 Å². The molecule has 0 N–H and O–H groups in total. The van der Waals surface area contributed by atoms with E-state index < -0.39 is 5.41 Å². The predicted octanol–water partition coefficient (Wildman–Crippen LogP) is 3.86. The Labute approximate surface area is 169 Å². The van der Waals surface area contributed by atoms with Crippen LogP contribution in [0.5, 0.6) is 0 Å². The third kappa shape index (κ3) is 2.50. The summed E-state index contributed by atoms with van der Waals surface area (Å²) in [5.74, 6) is 0.157. The highest BCUT2D eigenvalue weighted by Gasteiger charge is 2.61. The van der Waals surface area contributed by atoms with Crippen molar-refractivity contribution in [1.82, 2.24) is 14.6 Å². The van der Waals surface area contributed by atoms with Crippen LogP contribution in [0.15, 0.2) is 43.0 Å². The molecular formula is C23H23N5O. The molecule has 6 nitrogen and oxygen atoms in total. The molecule has 1 aliphatic carbocycles. The number of aryl methyl sites for hydroxylation is 1. The van der Waals surface area contributed by atoms with Gasteiger partial charge in [-0.15, -0.1) is 0 Å². The summed E-state index contributed by atoms with van der Waals surface area (Å²) in [6.07, 6.45) is 10.3. The van der Waals surface area contributed by atoms with Crippen LogP contribution in [0.4, 0.5) is 5.69 Å². The zero-order valence-corrected chi connectivity index (χ0v) is 16.7. The van der Waals surface area contributed by atoms with Gasteiger partial charge in [-0.25, -0.2) is 4.52 Å². The third-order valence-electron chi connectivity index (χ3n) is 6.62. The molecule has 0 bridgehead atoms. The standard InChI is InChI=1S/C23H23N5O/c1-3-16-6-8-25-11-19(16)17-10-21-20(7-9-26-28(21)13-17)27-12-15(2)23(14-24,22(27)29)18-4-5-18/h6-11,13,15,18H,3-5,12H2,1-2H3/t15-,23+/m1/s1. The first-order valence-electron chi connectivity index (χ1n) is 10.2. The number of carbonyl (C=O) groups is 1. The van der Waals surface area contributed by atoms with E-state index in [9.17, 15) is 10.1 Å². The lowest BCUT2D eigenvalue weighted by molar-refractivity contribution is -0.124. The van der Waals surface area contributed by atoms with Crippen molar-refractivity contribution in [2.24, 2.45) is 17.3 Å². The Balaban J connectivity index is 1.61. The normalized spacial score (nSPS) is 24.2. The number of pyridine rings is 1. The van der Waals surface area contributed by atoms with Gasteiger partial charge in [-0.05, 0) is 48.9 Å². The number of carbonyl (C=O) groups excluding carboxylic acids is 1. The quantitative estimate of drug-likeness (QED) is 0.683. The minimum atomic E-state index is -0.881. The van der Waals surface area contributed by atoms with Crippen LogP contribution in [-0.4, -0.2) is 27.0 Å². The van der Waals surface area contributed by atoms with E-state index in [1.54, 1.807) is 11.1 Å². The molecule has 0 aromatic carbocycles. The van der Waals surface area contributed by atoms with Gasteiger partial charge in [-0.1, -0.05) is 13.8 Å². The van der Waals surface area contributed by atoms with E-state index in [4.69, 9.17) is 0 Å². The summed E-state index contributed by atoms with van der Waals surface area (Å²) >= 11 is 0. The Morgan fingerprint density at radius 2 is 2.14 bits per heavy atom. The SMILES string of the molecule is CCc1ccncc1-c1cc2c(N3C[C@@H](C)[C@@](C#N)(C4CC4)C3=O)ccnn2c1. The summed E-state index contributed by atoms with van der Waals surface area (Å²) in [5.41, 5.74) is 4.15. The zero-order valence-electron chi connectivity index (χ0n) is 16.7. The van der Waals surface area contributed by atoms with Crippen LogP contribution in [0, 0.1) is 28.6 Å². The Morgan fingerprint density at radius 3 is 2.86 bits per heavy atom. The van der Waals surface area contributed by atoms with Gasteiger partial charge in [-0.3, -0.25) is 9.78 Å². The van der Waals surface area contributed by atoms with E-state index in [0.29, 0.717) is 6.54 Å². The van der Waals surface area contributed by atoms with Gasteiger partial charge >= 0.3 is 0 Å². The van der Waals surface area contributed by atoms with E-state index >= 15 is 0 Å². The average Bonchev–Trinajstić information content (AvgIpc) is 3.44. The van der Waals surface area contributed by atoms with Crippen LogP contribution in [0.1, 0.15) is 32.3 Å². The molecule has 1 saturated carbocycles. The number of fused-ring (bicyclic) bond motifs is 1. The fraction of sp³-hybridized carbons (Fsp3) is 0.391.